The summed E-state index contributed by atoms with van der Waals surface area (Å²) in [5.41, 5.74) is 5.83. The van der Waals surface area contributed by atoms with Crippen molar-refractivity contribution >= 4 is 0 Å². The minimum atomic E-state index is -0.162. The van der Waals surface area contributed by atoms with Crippen LogP contribution in [0.1, 0.15) is 27.2 Å². The highest BCUT2D eigenvalue weighted by atomic mass is 16.3. The number of hydrogen-bond acceptors (Lipinski definition) is 3. The Morgan fingerprint density at radius 1 is 1.38 bits per heavy atom. The Kier molecular flexibility index (Phi) is 3.71. The normalized spacial score (nSPS) is 35.8. The van der Waals surface area contributed by atoms with Crippen molar-refractivity contribution in [1.29, 1.82) is 0 Å². The number of nitrogens with two attached hydrogens (primary N) is 1. The number of aliphatic hydroxyl groups is 1. The van der Waals surface area contributed by atoms with Crippen LogP contribution in [-0.4, -0.2) is 41.3 Å². The lowest BCUT2D eigenvalue weighted by atomic mass is 9.95. The van der Waals surface area contributed by atoms with Crippen LogP contribution in [0.2, 0.25) is 0 Å². The molecule has 0 spiro atoms. The predicted octanol–water partition coefficient (Wildman–Crippen LogP) is 0.425. The van der Waals surface area contributed by atoms with Crippen molar-refractivity contribution in [2.75, 3.05) is 13.1 Å². The molecule has 3 nitrogen and oxygen atoms in total. The molecule has 3 N–H and O–H groups in total. The maximum atomic E-state index is 9.60. The fraction of sp³-hybridized carbons (Fsp3) is 1.00. The topological polar surface area (TPSA) is 49.5 Å². The smallest absolute Gasteiger partial charge is 0.0670 e. The lowest BCUT2D eigenvalue weighted by Gasteiger charge is -2.39. The Morgan fingerprint density at radius 3 is 2.46 bits per heavy atom. The summed E-state index contributed by atoms with van der Waals surface area (Å²) in [6.07, 6.45) is 0.771. The Morgan fingerprint density at radius 2 is 2.00 bits per heavy atom. The Balaban J connectivity index is 2.49. The van der Waals surface area contributed by atoms with Crippen LogP contribution < -0.4 is 5.73 Å². The van der Waals surface area contributed by atoms with Gasteiger partial charge in [-0.15, -0.1) is 0 Å². The number of nitrogens with zero attached hydrogens (tertiary/aromatic N) is 1. The van der Waals surface area contributed by atoms with E-state index in [9.17, 15) is 5.11 Å². The minimum Gasteiger partial charge on any atom is -0.392 e. The number of hydrogen-bond donors (Lipinski definition) is 2. The molecule has 1 aliphatic heterocycles. The molecule has 0 saturated carbocycles. The van der Waals surface area contributed by atoms with Gasteiger partial charge in [0, 0.05) is 25.2 Å². The minimum absolute atomic E-state index is 0.162. The SMILES string of the molecule is CC1CC(O)CN(C(C)C(C)N)C1. The van der Waals surface area contributed by atoms with E-state index in [1.165, 1.54) is 0 Å². The summed E-state index contributed by atoms with van der Waals surface area (Å²) < 4.78 is 0. The highest BCUT2D eigenvalue weighted by molar-refractivity contribution is 4.83. The van der Waals surface area contributed by atoms with Gasteiger partial charge in [-0.25, -0.2) is 0 Å². The Labute approximate surface area is 80.9 Å². The van der Waals surface area contributed by atoms with Crippen molar-refractivity contribution in [2.24, 2.45) is 11.7 Å². The molecule has 0 aromatic carbocycles. The molecule has 0 amide bonds. The second-order valence-electron chi connectivity index (χ2n) is 4.55. The molecule has 0 aromatic rings. The number of β-amino-alcohol motifs (C(OH)–C–C–N with tert-alkyl or cyclic N) is 1. The standard InChI is InChI=1S/C10H22N2O/c1-7-4-10(13)6-12(5-7)9(3)8(2)11/h7-10,13H,4-6,11H2,1-3H3. The van der Waals surface area contributed by atoms with E-state index in [-0.39, 0.29) is 12.1 Å². The zero-order valence-electron chi connectivity index (χ0n) is 8.90. The van der Waals surface area contributed by atoms with Crippen molar-refractivity contribution in [3.63, 3.8) is 0 Å². The average molecular weight is 186 g/mol. The van der Waals surface area contributed by atoms with Crippen LogP contribution in [0, 0.1) is 5.92 Å². The van der Waals surface area contributed by atoms with Gasteiger partial charge in [0.15, 0.2) is 0 Å². The fourth-order valence-corrected chi connectivity index (χ4v) is 2.02. The van der Waals surface area contributed by atoms with E-state index in [1.807, 2.05) is 6.92 Å². The molecule has 0 aromatic heterocycles. The van der Waals surface area contributed by atoms with Gasteiger partial charge in [-0.3, -0.25) is 4.90 Å². The second-order valence-corrected chi connectivity index (χ2v) is 4.55. The molecule has 1 saturated heterocycles. The largest absolute Gasteiger partial charge is 0.392 e. The van der Waals surface area contributed by atoms with E-state index < -0.39 is 0 Å². The number of rotatable bonds is 2. The molecule has 4 unspecified atom stereocenters. The highest BCUT2D eigenvalue weighted by Gasteiger charge is 2.27. The third-order valence-electron chi connectivity index (χ3n) is 3.00. The fourth-order valence-electron chi connectivity index (χ4n) is 2.02. The predicted molar refractivity (Wildman–Crippen MR) is 54.5 cm³/mol. The number of aliphatic hydroxyl groups excluding tert-OH is 1. The molecular weight excluding hydrogens is 164 g/mol. The van der Waals surface area contributed by atoms with Gasteiger partial charge in [-0.05, 0) is 26.2 Å². The first kappa shape index (κ1) is 11.0. The first-order valence-corrected chi connectivity index (χ1v) is 5.18. The van der Waals surface area contributed by atoms with Crippen LogP contribution in [0.3, 0.4) is 0 Å². The van der Waals surface area contributed by atoms with Crippen molar-refractivity contribution in [2.45, 2.75) is 45.4 Å². The summed E-state index contributed by atoms with van der Waals surface area (Å²) in [5.74, 6) is 0.588. The van der Waals surface area contributed by atoms with Crippen molar-refractivity contribution in [3.8, 4) is 0 Å². The first-order valence-electron chi connectivity index (χ1n) is 5.18. The number of piperidine rings is 1. The van der Waals surface area contributed by atoms with Crippen molar-refractivity contribution in [3.05, 3.63) is 0 Å². The van der Waals surface area contributed by atoms with Gasteiger partial charge >= 0.3 is 0 Å². The lowest BCUT2D eigenvalue weighted by Crippen LogP contribution is -2.52. The zero-order chi connectivity index (χ0) is 10.0. The van der Waals surface area contributed by atoms with Crippen LogP contribution in [-0.2, 0) is 0 Å². The summed E-state index contributed by atoms with van der Waals surface area (Å²) >= 11 is 0. The van der Waals surface area contributed by atoms with Gasteiger partial charge in [0.1, 0.15) is 0 Å². The quantitative estimate of drug-likeness (QED) is 0.657. The summed E-state index contributed by atoms with van der Waals surface area (Å²) in [6, 6.07) is 0.551. The van der Waals surface area contributed by atoms with Crippen LogP contribution in [0.15, 0.2) is 0 Å². The van der Waals surface area contributed by atoms with E-state index >= 15 is 0 Å². The molecule has 78 valence electrons. The molecule has 4 atom stereocenters. The van der Waals surface area contributed by atoms with E-state index in [4.69, 9.17) is 5.73 Å². The molecule has 0 aliphatic carbocycles. The van der Waals surface area contributed by atoms with E-state index in [1.54, 1.807) is 0 Å². The van der Waals surface area contributed by atoms with Gasteiger partial charge < -0.3 is 10.8 Å². The van der Waals surface area contributed by atoms with E-state index in [2.05, 4.69) is 18.7 Å². The highest BCUT2D eigenvalue weighted by Crippen LogP contribution is 2.18. The van der Waals surface area contributed by atoms with Crippen molar-refractivity contribution in [1.82, 2.24) is 4.90 Å². The third-order valence-corrected chi connectivity index (χ3v) is 3.00. The van der Waals surface area contributed by atoms with Crippen LogP contribution >= 0.6 is 0 Å². The maximum absolute atomic E-state index is 9.60. The molecule has 0 bridgehead atoms. The van der Waals surface area contributed by atoms with Gasteiger partial charge in [0.2, 0.25) is 0 Å². The molecule has 13 heavy (non-hydrogen) atoms. The summed E-state index contributed by atoms with van der Waals surface area (Å²) in [5, 5.41) is 9.60. The monoisotopic (exact) mass is 186 g/mol. The summed E-state index contributed by atoms with van der Waals surface area (Å²) in [7, 11) is 0. The summed E-state index contributed by atoms with van der Waals surface area (Å²) in [4.78, 5) is 2.30. The summed E-state index contributed by atoms with van der Waals surface area (Å²) in [6.45, 7) is 8.20. The maximum Gasteiger partial charge on any atom is 0.0670 e. The van der Waals surface area contributed by atoms with Crippen LogP contribution in [0.25, 0.3) is 0 Å². The second kappa shape index (κ2) is 4.40. The molecule has 0 radical (unpaired) electrons. The molecule has 3 heteroatoms. The third kappa shape index (κ3) is 2.93. The van der Waals surface area contributed by atoms with Crippen molar-refractivity contribution < 1.29 is 5.11 Å². The number of likely N-dealkylation sites (tertiary alicyclic amines) is 1. The van der Waals surface area contributed by atoms with Crippen LogP contribution in [0.5, 0.6) is 0 Å². The first-order chi connectivity index (χ1) is 6.00. The molecule has 1 heterocycles. The lowest BCUT2D eigenvalue weighted by molar-refractivity contribution is 0.0215. The van der Waals surface area contributed by atoms with Crippen LogP contribution in [0.4, 0.5) is 0 Å². The van der Waals surface area contributed by atoms with Gasteiger partial charge in [-0.1, -0.05) is 6.92 Å². The van der Waals surface area contributed by atoms with E-state index in [0.29, 0.717) is 12.0 Å². The Bertz CT molecular complexity index is 151. The van der Waals surface area contributed by atoms with Gasteiger partial charge in [-0.2, -0.15) is 0 Å². The average Bonchev–Trinajstić information content (AvgIpc) is 2.01. The Hall–Kier alpha value is -0.120. The molecular formula is C10H22N2O. The van der Waals surface area contributed by atoms with Gasteiger partial charge in [0.05, 0.1) is 6.10 Å². The molecule has 1 aliphatic rings. The van der Waals surface area contributed by atoms with Gasteiger partial charge in [0.25, 0.3) is 0 Å². The molecule has 1 fully saturated rings. The zero-order valence-corrected chi connectivity index (χ0v) is 8.90. The molecule has 1 rings (SSSR count). The van der Waals surface area contributed by atoms with E-state index in [0.717, 1.165) is 19.5 Å².